The first-order valence-electron chi connectivity index (χ1n) is 7.16. The third kappa shape index (κ3) is 5.10. The highest BCUT2D eigenvalue weighted by atomic mass is 35.5. The minimum Gasteiger partial charge on any atom is -0.468 e. The molecule has 0 spiro atoms. The van der Waals surface area contributed by atoms with Crippen LogP contribution in [-0.4, -0.2) is 33.9 Å². The van der Waals surface area contributed by atoms with Gasteiger partial charge in [-0.25, -0.2) is 8.42 Å². The molecule has 2 rings (SSSR count). The number of carbonyl (C=O) groups excluding carboxylic acids is 2. The van der Waals surface area contributed by atoms with Crippen molar-refractivity contribution in [3.63, 3.8) is 0 Å². The van der Waals surface area contributed by atoms with Gasteiger partial charge in [-0.2, -0.15) is 0 Å². The number of ether oxygens (including phenoxy) is 1. The molecule has 1 amide bonds. The number of sulfonamides is 1. The van der Waals surface area contributed by atoms with E-state index in [9.17, 15) is 18.0 Å². The molecule has 26 heavy (non-hydrogen) atoms. The number of hydrogen-bond donors (Lipinski definition) is 2. The number of rotatable bonds is 6. The zero-order valence-electron chi connectivity index (χ0n) is 13.5. The van der Waals surface area contributed by atoms with E-state index >= 15 is 0 Å². The van der Waals surface area contributed by atoms with E-state index in [-0.39, 0.29) is 32.7 Å². The first-order valence-corrected chi connectivity index (χ1v) is 9.40. The van der Waals surface area contributed by atoms with Crippen LogP contribution in [0.15, 0.2) is 47.4 Å². The van der Waals surface area contributed by atoms with Crippen LogP contribution in [0, 0.1) is 0 Å². The molecule has 0 aliphatic rings. The van der Waals surface area contributed by atoms with Gasteiger partial charge >= 0.3 is 5.97 Å². The molecule has 0 fully saturated rings. The SMILES string of the molecule is COC(=O)CNC(=O)c1cccc(NS(=O)(=O)c2ccc(Cl)c(Cl)c2)c1. The summed E-state index contributed by atoms with van der Waals surface area (Å²) in [6, 6.07) is 9.69. The van der Waals surface area contributed by atoms with Crippen LogP contribution in [0.3, 0.4) is 0 Å². The Morgan fingerprint density at radius 1 is 1.08 bits per heavy atom. The topological polar surface area (TPSA) is 102 Å². The number of benzene rings is 2. The molecular formula is C16H14Cl2N2O5S. The van der Waals surface area contributed by atoms with Crippen LogP contribution in [0.2, 0.25) is 10.0 Å². The Morgan fingerprint density at radius 2 is 1.81 bits per heavy atom. The van der Waals surface area contributed by atoms with Crippen molar-refractivity contribution in [1.82, 2.24) is 5.32 Å². The van der Waals surface area contributed by atoms with Gasteiger partial charge in [0, 0.05) is 11.3 Å². The number of anilines is 1. The number of amides is 1. The lowest BCUT2D eigenvalue weighted by atomic mass is 10.2. The second kappa shape index (κ2) is 8.39. The largest absolute Gasteiger partial charge is 0.468 e. The number of hydrogen-bond acceptors (Lipinski definition) is 5. The van der Waals surface area contributed by atoms with Crippen LogP contribution in [0.5, 0.6) is 0 Å². The summed E-state index contributed by atoms with van der Waals surface area (Å²) in [5.74, 6) is -1.15. The Balaban J connectivity index is 2.18. The minimum atomic E-state index is -3.92. The Hall–Kier alpha value is -2.29. The quantitative estimate of drug-likeness (QED) is 0.704. The van der Waals surface area contributed by atoms with Crippen molar-refractivity contribution >= 4 is 50.8 Å². The van der Waals surface area contributed by atoms with Gasteiger partial charge in [0.05, 0.1) is 22.1 Å². The average molecular weight is 417 g/mol. The Labute approximate surface area is 160 Å². The summed E-state index contributed by atoms with van der Waals surface area (Å²) in [7, 11) is -2.72. The maximum Gasteiger partial charge on any atom is 0.325 e. The number of halogens is 2. The van der Waals surface area contributed by atoms with Gasteiger partial charge in [-0.15, -0.1) is 0 Å². The lowest BCUT2D eigenvalue weighted by Gasteiger charge is -2.10. The number of esters is 1. The molecule has 0 heterocycles. The van der Waals surface area contributed by atoms with Crippen molar-refractivity contribution in [2.24, 2.45) is 0 Å². The molecule has 0 saturated heterocycles. The van der Waals surface area contributed by atoms with Crippen molar-refractivity contribution < 1.29 is 22.7 Å². The molecule has 0 atom stereocenters. The van der Waals surface area contributed by atoms with Gasteiger partial charge in [0.1, 0.15) is 6.54 Å². The van der Waals surface area contributed by atoms with Crippen molar-refractivity contribution in [3.8, 4) is 0 Å². The van der Waals surface area contributed by atoms with Gasteiger partial charge in [-0.05, 0) is 36.4 Å². The summed E-state index contributed by atoms with van der Waals surface area (Å²) in [5, 5.41) is 2.70. The van der Waals surface area contributed by atoms with Gasteiger partial charge in [0.15, 0.2) is 0 Å². The van der Waals surface area contributed by atoms with Gasteiger partial charge in [-0.1, -0.05) is 29.3 Å². The third-order valence-electron chi connectivity index (χ3n) is 3.20. The first-order chi connectivity index (χ1) is 12.2. The van der Waals surface area contributed by atoms with Crippen LogP contribution in [0.4, 0.5) is 5.69 Å². The zero-order valence-corrected chi connectivity index (χ0v) is 15.8. The van der Waals surface area contributed by atoms with Gasteiger partial charge < -0.3 is 10.1 Å². The van der Waals surface area contributed by atoms with Crippen LogP contribution in [-0.2, 0) is 19.6 Å². The van der Waals surface area contributed by atoms with Crippen LogP contribution >= 0.6 is 23.2 Å². The maximum absolute atomic E-state index is 12.4. The summed E-state index contributed by atoms with van der Waals surface area (Å²) in [6.07, 6.45) is 0. The number of carbonyl (C=O) groups is 2. The number of methoxy groups -OCH3 is 1. The molecule has 2 N–H and O–H groups in total. The predicted molar refractivity (Wildman–Crippen MR) is 98.1 cm³/mol. The summed E-state index contributed by atoms with van der Waals surface area (Å²) in [5.41, 5.74) is 0.338. The van der Waals surface area contributed by atoms with Gasteiger partial charge in [0.25, 0.3) is 15.9 Å². The van der Waals surface area contributed by atoms with E-state index in [0.717, 1.165) is 0 Å². The molecule has 0 saturated carbocycles. The van der Waals surface area contributed by atoms with Crippen molar-refractivity contribution in [1.29, 1.82) is 0 Å². The molecule has 138 valence electrons. The molecule has 0 aromatic heterocycles. The molecule has 7 nitrogen and oxygen atoms in total. The lowest BCUT2D eigenvalue weighted by molar-refractivity contribution is -0.139. The first kappa shape index (κ1) is 20.0. The summed E-state index contributed by atoms with van der Waals surface area (Å²) < 4.78 is 31.6. The fraction of sp³-hybridized carbons (Fsp3) is 0.125. The highest BCUT2D eigenvalue weighted by Crippen LogP contribution is 2.26. The molecule has 2 aromatic rings. The summed E-state index contributed by atoms with van der Waals surface area (Å²) in [6.45, 7) is -0.297. The monoisotopic (exact) mass is 416 g/mol. The molecule has 0 aliphatic carbocycles. The van der Waals surface area contributed by atoms with Gasteiger partial charge in [0.2, 0.25) is 0 Å². The Bertz CT molecular complexity index is 947. The van der Waals surface area contributed by atoms with E-state index < -0.39 is 21.9 Å². The Kier molecular flexibility index (Phi) is 6.47. The Morgan fingerprint density at radius 3 is 2.46 bits per heavy atom. The van der Waals surface area contributed by atoms with Crippen LogP contribution < -0.4 is 10.0 Å². The molecule has 0 aliphatic heterocycles. The molecule has 0 bridgehead atoms. The van der Waals surface area contributed by atoms with Crippen molar-refractivity contribution in [3.05, 3.63) is 58.1 Å². The summed E-state index contributed by atoms with van der Waals surface area (Å²) >= 11 is 11.6. The van der Waals surface area contributed by atoms with E-state index in [0.29, 0.717) is 0 Å². The van der Waals surface area contributed by atoms with E-state index in [1.807, 2.05) is 0 Å². The average Bonchev–Trinajstić information content (AvgIpc) is 2.61. The lowest BCUT2D eigenvalue weighted by Crippen LogP contribution is -2.30. The van der Waals surface area contributed by atoms with E-state index in [1.165, 1.54) is 49.6 Å². The molecule has 0 radical (unpaired) electrons. The highest BCUT2D eigenvalue weighted by molar-refractivity contribution is 7.92. The fourth-order valence-electron chi connectivity index (χ4n) is 1.91. The number of nitrogens with one attached hydrogen (secondary N) is 2. The molecular weight excluding hydrogens is 403 g/mol. The summed E-state index contributed by atoms with van der Waals surface area (Å²) in [4.78, 5) is 23.0. The van der Waals surface area contributed by atoms with E-state index in [2.05, 4.69) is 14.8 Å². The predicted octanol–water partition coefficient (Wildman–Crippen LogP) is 2.70. The van der Waals surface area contributed by atoms with Crippen molar-refractivity contribution in [2.45, 2.75) is 4.90 Å². The van der Waals surface area contributed by atoms with Crippen molar-refractivity contribution in [2.75, 3.05) is 18.4 Å². The maximum atomic E-state index is 12.4. The normalized spacial score (nSPS) is 10.9. The second-order valence-electron chi connectivity index (χ2n) is 5.02. The molecule has 0 unspecified atom stereocenters. The third-order valence-corrected chi connectivity index (χ3v) is 5.32. The van der Waals surface area contributed by atoms with E-state index in [1.54, 1.807) is 0 Å². The second-order valence-corrected chi connectivity index (χ2v) is 7.52. The molecule has 10 heteroatoms. The smallest absolute Gasteiger partial charge is 0.325 e. The fourth-order valence-corrected chi connectivity index (χ4v) is 3.35. The van der Waals surface area contributed by atoms with E-state index in [4.69, 9.17) is 23.2 Å². The van der Waals surface area contributed by atoms with Crippen LogP contribution in [0.1, 0.15) is 10.4 Å². The minimum absolute atomic E-state index is 0.0764. The van der Waals surface area contributed by atoms with Crippen LogP contribution in [0.25, 0.3) is 0 Å². The highest BCUT2D eigenvalue weighted by Gasteiger charge is 2.17. The molecule has 2 aromatic carbocycles. The zero-order chi connectivity index (χ0) is 19.3. The van der Waals surface area contributed by atoms with Gasteiger partial charge in [-0.3, -0.25) is 14.3 Å². The standard InChI is InChI=1S/C16H14Cl2N2O5S/c1-25-15(21)9-19-16(22)10-3-2-4-11(7-10)20-26(23,24)12-5-6-13(17)14(18)8-12/h2-8,20H,9H2,1H3,(H,19,22).